The largest absolute Gasteiger partial charge is 0.323 e. The van der Waals surface area contributed by atoms with Crippen LogP contribution in [0.4, 0.5) is 5.69 Å². The second-order valence-corrected chi connectivity index (χ2v) is 9.32. The summed E-state index contributed by atoms with van der Waals surface area (Å²) < 4.78 is 24.8. The van der Waals surface area contributed by atoms with E-state index in [1.807, 2.05) is 11.5 Å². The summed E-state index contributed by atoms with van der Waals surface area (Å²) in [5.74, 6) is 1.15. The van der Waals surface area contributed by atoms with Crippen molar-refractivity contribution in [3.05, 3.63) is 28.0 Å². The van der Waals surface area contributed by atoms with E-state index in [0.29, 0.717) is 11.1 Å². The van der Waals surface area contributed by atoms with E-state index < -0.39 is 10.0 Å². The monoisotopic (exact) mass is 449 g/mol. The van der Waals surface area contributed by atoms with Crippen LogP contribution in [0.5, 0.6) is 0 Å². The van der Waals surface area contributed by atoms with Crippen molar-refractivity contribution in [1.29, 1.82) is 0 Å². The Labute approximate surface area is 170 Å². The summed E-state index contributed by atoms with van der Waals surface area (Å²) in [4.78, 5) is 12.0. The van der Waals surface area contributed by atoms with Crippen molar-refractivity contribution in [3.8, 4) is 0 Å². The van der Waals surface area contributed by atoms with Crippen LogP contribution in [0.1, 0.15) is 31.5 Å². The van der Waals surface area contributed by atoms with Crippen LogP contribution in [-0.4, -0.2) is 34.8 Å². The zero-order valence-electron chi connectivity index (χ0n) is 14.3. The lowest BCUT2D eigenvalue weighted by Gasteiger charge is -2.11. The smallest absolute Gasteiger partial charge is 0.238 e. The molecule has 12 heteroatoms. The minimum absolute atomic E-state index is 0.0161. The number of halogens is 2. The molecule has 8 nitrogen and oxygen atoms in total. The summed E-state index contributed by atoms with van der Waals surface area (Å²) in [7, 11) is -3.95. The Morgan fingerprint density at radius 1 is 1.33 bits per heavy atom. The number of primary sulfonamides is 1. The summed E-state index contributed by atoms with van der Waals surface area (Å²) >= 11 is 13.3. The second kappa shape index (κ2) is 7.96. The van der Waals surface area contributed by atoms with Crippen LogP contribution in [0.2, 0.25) is 10.0 Å². The molecule has 27 heavy (non-hydrogen) atoms. The Bertz CT molecular complexity index is 966. The maximum absolute atomic E-state index is 12.3. The van der Waals surface area contributed by atoms with E-state index in [1.54, 1.807) is 0 Å². The van der Waals surface area contributed by atoms with E-state index >= 15 is 0 Å². The Morgan fingerprint density at radius 2 is 1.96 bits per heavy atom. The summed E-state index contributed by atoms with van der Waals surface area (Å²) in [6.45, 7) is 2.74. The first-order valence-corrected chi connectivity index (χ1v) is 11.4. The van der Waals surface area contributed by atoms with Crippen molar-refractivity contribution in [1.82, 2.24) is 14.8 Å². The lowest BCUT2D eigenvalue weighted by atomic mass is 10.3. The van der Waals surface area contributed by atoms with Crippen molar-refractivity contribution in [2.24, 2.45) is 5.14 Å². The molecule has 1 amide bonds. The number of anilines is 1. The number of amides is 1. The topological polar surface area (TPSA) is 120 Å². The first-order valence-electron chi connectivity index (χ1n) is 8.08. The number of carbonyl (C=O) groups is 1. The van der Waals surface area contributed by atoms with Gasteiger partial charge in [0.05, 0.1) is 26.4 Å². The summed E-state index contributed by atoms with van der Waals surface area (Å²) in [6.07, 6.45) is 2.24. The maximum Gasteiger partial charge on any atom is 0.238 e. The van der Waals surface area contributed by atoms with Gasteiger partial charge in [0.15, 0.2) is 5.16 Å². The fourth-order valence-corrected chi connectivity index (χ4v) is 4.57. The van der Waals surface area contributed by atoms with Crippen LogP contribution in [0.25, 0.3) is 0 Å². The quantitative estimate of drug-likeness (QED) is 0.626. The standard InChI is InChI=1S/C15H17Cl2N5O3S2/c1-2-22-14(8-3-4-8)20-21-15(22)26-7-12(23)19-13-10(16)5-9(6-11(13)17)27(18,24)25/h5-6,8H,2-4,7H2,1H3,(H,19,23)(H2,18,24,25). The number of hydrogen-bond donors (Lipinski definition) is 2. The van der Waals surface area contributed by atoms with Gasteiger partial charge in [0.2, 0.25) is 15.9 Å². The molecule has 0 spiro atoms. The van der Waals surface area contributed by atoms with E-state index in [-0.39, 0.29) is 32.3 Å². The molecule has 0 atom stereocenters. The van der Waals surface area contributed by atoms with Gasteiger partial charge >= 0.3 is 0 Å². The van der Waals surface area contributed by atoms with Gasteiger partial charge in [-0.2, -0.15) is 0 Å². The molecule has 146 valence electrons. The van der Waals surface area contributed by atoms with Gasteiger partial charge in [-0.3, -0.25) is 4.79 Å². The van der Waals surface area contributed by atoms with Gasteiger partial charge < -0.3 is 9.88 Å². The number of nitrogens with two attached hydrogens (primary N) is 1. The van der Waals surface area contributed by atoms with Gasteiger partial charge in [0.25, 0.3) is 0 Å². The molecule has 1 aliphatic rings. The zero-order chi connectivity index (χ0) is 19.8. The van der Waals surface area contributed by atoms with Crippen molar-refractivity contribution < 1.29 is 13.2 Å². The average molecular weight is 450 g/mol. The molecule has 2 aromatic rings. The lowest BCUT2D eigenvalue weighted by Crippen LogP contribution is -2.16. The van der Waals surface area contributed by atoms with Gasteiger partial charge in [-0.05, 0) is 31.9 Å². The molecule has 1 aliphatic carbocycles. The number of aromatic nitrogens is 3. The van der Waals surface area contributed by atoms with Crippen LogP contribution in [0.3, 0.4) is 0 Å². The molecule has 1 saturated carbocycles. The van der Waals surface area contributed by atoms with Gasteiger partial charge in [0.1, 0.15) is 5.82 Å². The van der Waals surface area contributed by atoms with Crippen LogP contribution < -0.4 is 10.5 Å². The third kappa shape index (κ3) is 4.75. The second-order valence-electron chi connectivity index (χ2n) is 6.00. The number of nitrogens with zero attached hydrogens (tertiary/aromatic N) is 3. The normalized spacial score (nSPS) is 14.4. The summed E-state index contributed by atoms with van der Waals surface area (Å²) in [5.41, 5.74) is 0.131. The molecule has 1 aromatic carbocycles. The number of carbonyl (C=O) groups excluding carboxylic acids is 1. The SMILES string of the molecule is CCn1c(SCC(=O)Nc2c(Cl)cc(S(N)(=O)=O)cc2Cl)nnc1C1CC1. The first kappa shape index (κ1) is 20.4. The molecule has 1 fully saturated rings. The highest BCUT2D eigenvalue weighted by atomic mass is 35.5. The van der Waals surface area contributed by atoms with Gasteiger partial charge in [-0.1, -0.05) is 35.0 Å². The third-order valence-electron chi connectivity index (χ3n) is 3.95. The first-order chi connectivity index (χ1) is 12.7. The third-order valence-corrected chi connectivity index (χ3v) is 6.40. The van der Waals surface area contributed by atoms with Gasteiger partial charge in [-0.25, -0.2) is 13.6 Å². The number of benzene rings is 1. The minimum Gasteiger partial charge on any atom is -0.323 e. The highest BCUT2D eigenvalue weighted by molar-refractivity contribution is 7.99. The number of rotatable bonds is 7. The summed E-state index contributed by atoms with van der Waals surface area (Å²) in [5, 5.41) is 16.7. The minimum atomic E-state index is -3.95. The number of sulfonamides is 1. The fourth-order valence-electron chi connectivity index (χ4n) is 2.49. The highest BCUT2D eigenvalue weighted by Crippen LogP contribution is 2.40. The molecular weight excluding hydrogens is 433 g/mol. The molecule has 0 saturated heterocycles. The average Bonchev–Trinajstić information content (AvgIpc) is 3.35. The van der Waals surface area contributed by atoms with E-state index in [1.165, 1.54) is 11.8 Å². The van der Waals surface area contributed by atoms with Crippen molar-refractivity contribution in [2.75, 3.05) is 11.1 Å². The molecular formula is C15H17Cl2N5O3S2. The number of hydrogen-bond acceptors (Lipinski definition) is 6. The van der Waals surface area contributed by atoms with Crippen molar-refractivity contribution >= 4 is 56.6 Å². The van der Waals surface area contributed by atoms with E-state index in [0.717, 1.165) is 37.3 Å². The predicted molar refractivity (Wildman–Crippen MR) is 105 cm³/mol. The van der Waals surface area contributed by atoms with Crippen LogP contribution in [0.15, 0.2) is 22.2 Å². The molecule has 0 aliphatic heterocycles. The van der Waals surface area contributed by atoms with Crippen LogP contribution in [0, 0.1) is 0 Å². The molecule has 0 bridgehead atoms. The molecule has 1 aromatic heterocycles. The maximum atomic E-state index is 12.3. The predicted octanol–water partition coefficient (Wildman–Crippen LogP) is 2.86. The molecule has 3 rings (SSSR count). The Balaban J connectivity index is 1.68. The number of nitrogens with one attached hydrogen (secondary N) is 1. The fraction of sp³-hybridized carbons (Fsp3) is 0.400. The molecule has 3 N–H and O–H groups in total. The molecule has 0 radical (unpaired) electrons. The van der Waals surface area contributed by atoms with E-state index in [9.17, 15) is 13.2 Å². The van der Waals surface area contributed by atoms with E-state index in [2.05, 4.69) is 15.5 Å². The zero-order valence-corrected chi connectivity index (χ0v) is 17.4. The Kier molecular flexibility index (Phi) is 6.02. The Morgan fingerprint density at radius 3 is 2.48 bits per heavy atom. The van der Waals surface area contributed by atoms with E-state index in [4.69, 9.17) is 28.3 Å². The van der Waals surface area contributed by atoms with Gasteiger partial charge in [-0.15, -0.1) is 10.2 Å². The molecule has 1 heterocycles. The van der Waals surface area contributed by atoms with Gasteiger partial charge in [0, 0.05) is 12.5 Å². The lowest BCUT2D eigenvalue weighted by molar-refractivity contribution is -0.113. The summed E-state index contributed by atoms with van der Waals surface area (Å²) in [6, 6.07) is 2.28. The highest BCUT2D eigenvalue weighted by Gasteiger charge is 2.30. The van der Waals surface area contributed by atoms with Crippen LogP contribution in [-0.2, 0) is 21.4 Å². The van der Waals surface area contributed by atoms with Crippen LogP contribution >= 0.6 is 35.0 Å². The Hall–Kier alpha value is -1.33. The number of thioether (sulfide) groups is 1. The molecule has 0 unspecified atom stereocenters. The van der Waals surface area contributed by atoms with Crippen molar-refractivity contribution in [3.63, 3.8) is 0 Å². The van der Waals surface area contributed by atoms with Crippen molar-refractivity contribution in [2.45, 2.75) is 42.3 Å².